The van der Waals surface area contributed by atoms with Gasteiger partial charge >= 0.3 is 6.03 Å². The molecule has 0 aliphatic carbocycles. The SMILES string of the molecule is COCCNC(=O)Nc1nc(-c2ccc(F)cc2)cs1. The van der Waals surface area contributed by atoms with E-state index in [1.54, 1.807) is 24.6 Å². The molecule has 0 atom stereocenters. The maximum Gasteiger partial charge on any atom is 0.321 e. The zero-order chi connectivity index (χ0) is 14.4. The van der Waals surface area contributed by atoms with E-state index in [-0.39, 0.29) is 11.8 Å². The number of hydrogen-bond acceptors (Lipinski definition) is 4. The molecule has 0 saturated heterocycles. The molecule has 0 fully saturated rings. The zero-order valence-corrected chi connectivity index (χ0v) is 11.7. The summed E-state index contributed by atoms with van der Waals surface area (Å²) in [6.45, 7) is 0.880. The molecular formula is C13H14FN3O2S. The van der Waals surface area contributed by atoms with Crippen LogP contribution in [0.5, 0.6) is 0 Å². The second-order valence-electron chi connectivity index (χ2n) is 3.92. The molecule has 1 aromatic carbocycles. The Balaban J connectivity index is 1.95. The van der Waals surface area contributed by atoms with E-state index in [0.717, 1.165) is 5.56 Å². The van der Waals surface area contributed by atoms with Crippen molar-refractivity contribution in [3.05, 3.63) is 35.5 Å². The number of carbonyl (C=O) groups is 1. The minimum absolute atomic E-state index is 0.292. The number of aromatic nitrogens is 1. The fourth-order valence-corrected chi connectivity index (χ4v) is 2.21. The lowest BCUT2D eigenvalue weighted by Gasteiger charge is -2.03. The maximum absolute atomic E-state index is 12.8. The van der Waals surface area contributed by atoms with Gasteiger partial charge in [-0.3, -0.25) is 5.32 Å². The molecule has 0 spiro atoms. The Labute approximate surface area is 119 Å². The Morgan fingerprint density at radius 1 is 1.40 bits per heavy atom. The van der Waals surface area contributed by atoms with Crippen LogP contribution in [0, 0.1) is 5.82 Å². The second kappa shape index (κ2) is 6.97. The molecule has 0 saturated carbocycles. The molecule has 0 bridgehead atoms. The van der Waals surface area contributed by atoms with Gasteiger partial charge in [-0.2, -0.15) is 0 Å². The van der Waals surface area contributed by atoms with Crippen LogP contribution in [-0.2, 0) is 4.74 Å². The number of anilines is 1. The minimum Gasteiger partial charge on any atom is -0.383 e. The standard InChI is InChI=1S/C13H14FN3O2S/c1-19-7-6-15-12(18)17-13-16-11(8-20-13)9-2-4-10(14)5-3-9/h2-5,8H,6-7H2,1H3,(H2,15,16,17,18). The first-order valence-electron chi connectivity index (χ1n) is 5.94. The number of amides is 2. The summed E-state index contributed by atoms with van der Waals surface area (Å²) in [5.74, 6) is -0.292. The lowest BCUT2D eigenvalue weighted by Crippen LogP contribution is -2.31. The number of hydrogen-bond donors (Lipinski definition) is 2. The molecule has 2 aromatic rings. The summed E-state index contributed by atoms with van der Waals surface area (Å²) in [7, 11) is 1.56. The molecule has 5 nitrogen and oxygen atoms in total. The molecule has 2 rings (SSSR count). The summed E-state index contributed by atoms with van der Waals surface area (Å²) < 4.78 is 17.7. The van der Waals surface area contributed by atoms with Crippen molar-refractivity contribution in [2.75, 3.05) is 25.6 Å². The number of carbonyl (C=O) groups excluding carboxylic acids is 1. The topological polar surface area (TPSA) is 63.2 Å². The molecule has 7 heteroatoms. The van der Waals surface area contributed by atoms with Crippen LogP contribution in [0.2, 0.25) is 0 Å². The van der Waals surface area contributed by atoms with Crippen LogP contribution in [0.3, 0.4) is 0 Å². The van der Waals surface area contributed by atoms with E-state index in [4.69, 9.17) is 4.74 Å². The van der Waals surface area contributed by atoms with Crippen molar-refractivity contribution in [1.29, 1.82) is 0 Å². The first kappa shape index (κ1) is 14.4. The van der Waals surface area contributed by atoms with E-state index in [0.29, 0.717) is 24.0 Å². The van der Waals surface area contributed by atoms with E-state index in [9.17, 15) is 9.18 Å². The van der Waals surface area contributed by atoms with Gasteiger partial charge in [-0.25, -0.2) is 14.2 Å². The van der Waals surface area contributed by atoms with Crippen molar-refractivity contribution >= 4 is 22.5 Å². The number of nitrogens with one attached hydrogen (secondary N) is 2. The zero-order valence-electron chi connectivity index (χ0n) is 10.9. The second-order valence-corrected chi connectivity index (χ2v) is 4.78. The van der Waals surface area contributed by atoms with Crippen LogP contribution in [0.15, 0.2) is 29.6 Å². The number of urea groups is 1. The lowest BCUT2D eigenvalue weighted by molar-refractivity contribution is 0.198. The summed E-state index contributed by atoms with van der Waals surface area (Å²) in [6, 6.07) is 5.71. The van der Waals surface area contributed by atoms with Crippen molar-refractivity contribution in [2.24, 2.45) is 0 Å². The summed E-state index contributed by atoms with van der Waals surface area (Å²) in [4.78, 5) is 15.8. The molecule has 106 valence electrons. The van der Waals surface area contributed by atoms with E-state index < -0.39 is 0 Å². The Morgan fingerprint density at radius 3 is 2.85 bits per heavy atom. The summed E-state index contributed by atoms with van der Waals surface area (Å²) in [5.41, 5.74) is 1.50. The Hall–Kier alpha value is -1.99. The van der Waals surface area contributed by atoms with Crippen LogP contribution in [-0.4, -0.2) is 31.3 Å². The smallest absolute Gasteiger partial charge is 0.321 e. The van der Waals surface area contributed by atoms with Gasteiger partial charge in [0.15, 0.2) is 5.13 Å². The van der Waals surface area contributed by atoms with Crippen molar-refractivity contribution < 1.29 is 13.9 Å². The molecule has 0 aliphatic rings. The molecule has 1 aromatic heterocycles. The maximum atomic E-state index is 12.8. The largest absolute Gasteiger partial charge is 0.383 e. The molecule has 0 aliphatic heterocycles. The van der Waals surface area contributed by atoms with Crippen LogP contribution in [0.25, 0.3) is 11.3 Å². The van der Waals surface area contributed by atoms with E-state index in [1.807, 2.05) is 0 Å². The van der Waals surface area contributed by atoms with E-state index in [2.05, 4.69) is 15.6 Å². The van der Waals surface area contributed by atoms with Gasteiger partial charge in [-0.15, -0.1) is 11.3 Å². The highest BCUT2D eigenvalue weighted by molar-refractivity contribution is 7.14. The van der Waals surface area contributed by atoms with Crippen molar-refractivity contribution in [2.45, 2.75) is 0 Å². The number of methoxy groups -OCH3 is 1. The average Bonchev–Trinajstić information content (AvgIpc) is 2.88. The first-order valence-corrected chi connectivity index (χ1v) is 6.82. The molecule has 20 heavy (non-hydrogen) atoms. The first-order chi connectivity index (χ1) is 9.69. The highest BCUT2D eigenvalue weighted by atomic mass is 32.1. The molecule has 0 radical (unpaired) electrons. The monoisotopic (exact) mass is 295 g/mol. The normalized spacial score (nSPS) is 10.3. The van der Waals surface area contributed by atoms with Crippen LogP contribution in [0.4, 0.5) is 14.3 Å². The third-order valence-corrected chi connectivity index (χ3v) is 3.21. The van der Waals surface area contributed by atoms with Crippen LogP contribution < -0.4 is 10.6 Å². The Kier molecular flexibility index (Phi) is 5.03. The molecular weight excluding hydrogens is 281 g/mol. The van der Waals surface area contributed by atoms with Gasteiger partial charge in [-0.05, 0) is 24.3 Å². The Morgan fingerprint density at radius 2 is 2.15 bits per heavy atom. The number of rotatable bonds is 5. The number of nitrogens with zero attached hydrogens (tertiary/aromatic N) is 1. The van der Waals surface area contributed by atoms with Gasteiger partial charge < -0.3 is 10.1 Å². The van der Waals surface area contributed by atoms with Gasteiger partial charge in [0.05, 0.1) is 12.3 Å². The number of halogens is 1. The molecule has 2 amide bonds. The van der Waals surface area contributed by atoms with E-state index in [1.165, 1.54) is 23.5 Å². The predicted octanol–water partition coefficient (Wildman–Crippen LogP) is 2.72. The van der Waals surface area contributed by atoms with Crippen molar-refractivity contribution in [3.63, 3.8) is 0 Å². The molecule has 0 unspecified atom stereocenters. The Bertz CT molecular complexity index is 571. The number of ether oxygens (including phenoxy) is 1. The van der Waals surface area contributed by atoms with Crippen molar-refractivity contribution in [3.8, 4) is 11.3 Å². The fourth-order valence-electron chi connectivity index (χ4n) is 1.49. The van der Waals surface area contributed by atoms with Gasteiger partial charge in [0.1, 0.15) is 5.82 Å². The van der Waals surface area contributed by atoms with Crippen LogP contribution >= 0.6 is 11.3 Å². The molecule has 2 N–H and O–H groups in total. The number of thiazole rings is 1. The lowest BCUT2D eigenvalue weighted by atomic mass is 10.2. The van der Waals surface area contributed by atoms with Crippen molar-refractivity contribution in [1.82, 2.24) is 10.3 Å². The van der Waals surface area contributed by atoms with E-state index >= 15 is 0 Å². The fraction of sp³-hybridized carbons (Fsp3) is 0.231. The van der Waals surface area contributed by atoms with Gasteiger partial charge in [0.2, 0.25) is 0 Å². The summed E-state index contributed by atoms with van der Waals surface area (Å²) in [5, 5.41) is 7.55. The number of benzene rings is 1. The van der Waals surface area contributed by atoms with Gasteiger partial charge in [0, 0.05) is 24.6 Å². The summed E-state index contributed by atoms with van der Waals surface area (Å²) in [6.07, 6.45) is 0. The van der Waals surface area contributed by atoms with Gasteiger partial charge in [0.25, 0.3) is 0 Å². The highest BCUT2D eigenvalue weighted by Crippen LogP contribution is 2.24. The summed E-state index contributed by atoms with van der Waals surface area (Å²) >= 11 is 1.31. The molecule has 1 heterocycles. The quantitative estimate of drug-likeness (QED) is 0.834. The third kappa shape index (κ3) is 4.01. The average molecular weight is 295 g/mol. The third-order valence-electron chi connectivity index (χ3n) is 2.46. The van der Waals surface area contributed by atoms with Crippen LogP contribution in [0.1, 0.15) is 0 Å². The van der Waals surface area contributed by atoms with Gasteiger partial charge in [-0.1, -0.05) is 0 Å². The predicted molar refractivity (Wildman–Crippen MR) is 76.4 cm³/mol. The minimum atomic E-state index is -0.331. The highest BCUT2D eigenvalue weighted by Gasteiger charge is 2.07.